The lowest BCUT2D eigenvalue weighted by atomic mass is 9.94. The third kappa shape index (κ3) is 1.57. The summed E-state index contributed by atoms with van der Waals surface area (Å²) in [6.07, 6.45) is 3.62. The van der Waals surface area contributed by atoms with E-state index in [1.165, 1.54) is 12.1 Å². The molecule has 0 fully saturated rings. The highest BCUT2D eigenvalue weighted by Gasteiger charge is 2.18. The first-order valence-electron chi connectivity index (χ1n) is 5.70. The van der Waals surface area contributed by atoms with Gasteiger partial charge in [-0.05, 0) is 37.8 Å². The van der Waals surface area contributed by atoms with Crippen molar-refractivity contribution in [3.63, 3.8) is 0 Å². The average Bonchev–Trinajstić information content (AvgIpc) is 2.34. The fourth-order valence-corrected chi connectivity index (χ4v) is 2.73. The maximum absolute atomic E-state index is 13.7. The molecule has 1 heterocycles. The Morgan fingerprint density at radius 3 is 2.82 bits per heavy atom. The number of hydrogen-bond acceptors (Lipinski definition) is 1. The highest BCUT2D eigenvalue weighted by atomic mass is 35.5. The van der Waals surface area contributed by atoms with E-state index in [0.29, 0.717) is 5.02 Å². The number of nitrogens with one attached hydrogen (secondary N) is 1. The molecule has 0 radical (unpaired) electrons. The fourth-order valence-electron chi connectivity index (χ4n) is 2.49. The standard InChI is InChI=1S/C13H11ClFNO/c14-8-5-6-9(15)12-11(8)13(17)7-3-1-2-4-10(7)16-12/h5-6H,1-4H2,(H,16,17). The van der Waals surface area contributed by atoms with Gasteiger partial charge >= 0.3 is 0 Å². The van der Waals surface area contributed by atoms with Crippen LogP contribution in [0, 0.1) is 5.82 Å². The van der Waals surface area contributed by atoms with Crippen molar-refractivity contribution in [3.05, 3.63) is 44.5 Å². The number of H-pyrrole nitrogens is 1. The van der Waals surface area contributed by atoms with Crippen molar-refractivity contribution < 1.29 is 4.39 Å². The van der Waals surface area contributed by atoms with Crippen molar-refractivity contribution in [2.24, 2.45) is 0 Å². The number of halogens is 2. The summed E-state index contributed by atoms with van der Waals surface area (Å²) in [5.41, 5.74) is 1.77. The van der Waals surface area contributed by atoms with Gasteiger partial charge in [0.15, 0.2) is 5.43 Å². The van der Waals surface area contributed by atoms with Gasteiger partial charge in [0.1, 0.15) is 5.82 Å². The third-order valence-corrected chi connectivity index (χ3v) is 3.66. The lowest BCUT2D eigenvalue weighted by Gasteiger charge is -2.16. The topological polar surface area (TPSA) is 32.9 Å². The Balaban J connectivity index is 2.48. The van der Waals surface area contributed by atoms with Crippen LogP contribution in [0.15, 0.2) is 16.9 Å². The first-order valence-corrected chi connectivity index (χ1v) is 6.08. The maximum atomic E-state index is 13.7. The summed E-state index contributed by atoms with van der Waals surface area (Å²) >= 11 is 5.99. The van der Waals surface area contributed by atoms with E-state index in [0.717, 1.165) is 36.9 Å². The zero-order chi connectivity index (χ0) is 12.0. The second-order valence-corrected chi connectivity index (χ2v) is 4.80. The van der Waals surface area contributed by atoms with E-state index in [-0.39, 0.29) is 16.3 Å². The van der Waals surface area contributed by atoms with Gasteiger partial charge in [0.2, 0.25) is 0 Å². The average molecular weight is 252 g/mol. The molecule has 0 saturated heterocycles. The van der Waals surface area contributed by atoms with Gasteiger partial charge in [-0.25, -0.2) is 4.39 Å². The predicted octanol–water partition coefficient (Wildman–Crippen LogP) is 3.20. The van der Waals surface area contributed by atoms with Crippen molar-refractivity contribution in [2.45, 2.75) is 25.7 Å². The van der Waals surface area contributed by atoms with Crippen LogP contribution in [0.2, 0.25) is 5.02 Å². The van der Waals surface area contributed by atoms with Crippen LogP contribution in [0.4, 0.5) is 4.39 Å². The summed E-state index contributed by atoms with van der Waals surface area (Å²) in [6, 6.07) is 2.72. The smallest absolute Gasteiger partial charge is 0.194 e. The molecule has 1 aliphatic rings. The van der Waals surface area contributed by atoms with Crippen molar-refractivity contribution in [3.8, 4) is 0 Å². The SMILES string of the molecule is O=c1c2c([nH]c3c(F)ccc(Cl)c13)CCCC2. The van der Waals surface area contributed by atoms with Crippen LogP contribution in [0.5, 0.6) is 0 Å². The van der Waals surface area contributed by atoms with Crippen LogP contribution in [-0.2, 0) is 12.8 Å². The molecule has 0 unspecified atom stereocenters. The number of hydrogen-bond donors (Lipinski definition) is 1. The summed E-state index contributed by atoms with van der Waals surface area (Å²) in [6.45, 7) is 0. The summed E-state index contributed by atoms with van der Waals surface area (Å²) < 4.78 is 13.7. The van der Waals surface area contributed by atoms with Gasteiger partial charge in [-0.15, -0.1) is 0 Å². The van der Waals surface area contributed by atoms with Crippen LogP contribution in [0.25, 0.3) is 10.9 Å². The van der Waals surface area contributed by atoms with Gasteiger partial charge in [0.25, 0.3) is 0 Å². The minimum atomic E-state index is -0.421. The lowest BCUT2D eigenvalue weighted by Crippen LogP contribution is -2.19. The molecule has 0 spiro atoms. The Labute approximate surface area is 102 Å². The third-order valence-electron chi connectivity index (χ3n) is 3.35. The summed E-state index contributed by atoms with van der Waals surface area (Å²) in [5, 5.41) is 0.600. The minimum absolute atomic E-state index is 0.113. The monoisotopic (exact) mass is 251 g/mol. The molecule has 0 amide bonds. The van der Waals surface area contributed by atoms with Crippen LogP contribution >= 0.6 is 11.6 Å². The first kappa shape index (κ1) is 10.8. The van der Waals surface area contributed by atoms with E-state index < -0.39 is 5.82 Å². The summed E-state index contributed by atoms with van der Waals surface area (Å²) in [4.78, 5) is 15.3. The molecule has 2 aromatic rings. The van der Waals surface area contributed by atoms with E-state index in [1.807, 2.05) is 0 Å². The molecule has 2 nitrogen and oxygen atoms in total. The van der Waals surface area contributed by atoms with E-state index >= 15 is 0 Å². The molecule has 1 aromatic heterocycles. The van der Waals surface area contributed by atoms with Gasteiger partial charge in [-0.2, -0.15) is 0 Å². The molecule has 4 heteroatoms. The van der Waals surface area contributed by atoms with E-state index in [4.69, 9.17) is 11.6 Å². The lowest BCUT2D eigenvalue weighted by molar-refractivity contribution is 0.631. The predicted molar refractivity (Wildman–Crippen MR) is 66.2 cm³/mol. The molecule has 0 aliphatic heterocycles. The van der Waals surface area contributed by atoms with Gasteiger partial charge in [-0.1, -0.05) is 11.6 Å². The van der Waals surface area contributed by atoms with Crippen molar-refractivity contribution >= 4 is 22.5 Å². The molecule has 1 aliphatic carbocycles. The molecule has 1 aromatic carbocycles. The van der Waals surface area contributed by atoms with Gasteiger partial charge < -0.3 is 4.98 Å². The van der Waals surface area contributed by atoms with E-state index in [9.17, 15) is 9.18 Å². The van der Waals surface area contributed by atoms with Crippen molar-refractivity contribution in [1.82, 2.24) is 4.98 Å². The normalized spacial score (nSPS) is 14.9. The Morgan fingerprint density at radius 1 is 1.24 bits per heavy atom. The zero-order valence-corrected chi connectivity index (χ0v) is 9.90. The largest absolute Gasteiger partial charge is 0.356 e. The first-order chi connectivity index (χ1) is 8.18. The van der Waals surface area contributed by atoms with Crippen LogP contribution in [0.1, 0.15) is 24.1 Å². The molecular formula is C13H11ClFNO. The number of aromatic nitrogens is 1. The van der Waals surface area contributed by atoms with Crippen LogP contribution in [0.3, 0.4) is 0 Å². The Hall–Kier alpha value is -1.35. The maximum Gasteiger partial charge on any atom is 0.194 e. The molecule has 88 valence electrons. The molecule has 3 rings (SSSR count). The molecule has 0 saturated carbocycles. The quantitative estimate of drug-likeness (QED) is 0.766. The molecule has 0 atom stereocenters. The number of rotatable bonds is 0. The summed E-state index contributed by atoms with van der Waals surface area (Å²) in [7, 11) is 0. The number of aryl methyl sites for hydroxylation is 1. The zero-order valence-electron chi connectivity index (χ0n) is 9.15. The van der Waals surface area contributed by atoms with Gasteiger partial charge in [0.05, 0.1) is 15.9 Å². The van der Waals surface area contributed by atoms with Crippen LogP contribution in [-0.4, -0.2) is 4.98 Å². The highest BCUT2D eigenvalue weighted by molar-refractivity contribution is 6.35. The second-order valence-electron chi connectivity index (χ2n) is 4.40. The second kappa shape index (κ2) is 3.84. The number of pyridine rings is 1. The summed E-state index contributed by atoms with van der Waals surface area (Å²) in [5.74, 6) is -0.421. The fraction of sp³-hybridized carbons (Fsp3) is 0.308. The molecule has 1 N–H and O–H groups in total. The number of aromatic amines is 1. The Bertz CT molecular complexity index is 662. The van der Waals surface area contributed by atoms with Gasteiger partial charge in [0, 0.05) is 11.3 Å². The van der Waals surface area contributed by atoms with E-state index in [1.54, 1.807) is 0 Å². The molecular weight excluding hydrogens is 241 g/mol. The van der Waals surface area contributed by atoms with Crippen molar-refractivity contribution in [2.75, 3.05) is 0 Å². The van der Waals surface area contributed by atoms with Crippen LogP contribution < -0.4 is 5.43 Å². The highest BCUT2D eigenvalue weighted by Crippen LogP contribution is 2.25. The number of benzene rings is 1. The van der Waals surface area contributed by atoms with Crippen molar-refractivity contribution in [1.29, 1.82) is 0 Å². The van der Waals surface area contributed by atoms with E-state index in [2.05, 4.69) is 4.98 Å². The van der Waals surface area contributed by atoms with Gasteiger partial charge in [-0.3, -0.25) is 4.79 Å². The minimum Gasteiger partial charge on any atom is -0.356 e. The Kier molecular flexibility index (Phi) is 2.44. The molecule has 0 bridgehead atoms. The Morgan fingerprint density at radius 2 is 2.00 bits per heavy atom. The number of fused-ring (bicyclic) bond motifs is 2. The molecule has 17 heavy (non-hydrogen) atoms.